The molecule has 0 bridgehead atoms. The number of sulfone groups is 1. The highest BCUT2D eigenvalue weighted by Gasteiger charge is 2.40. The smallest absolute Gasteiger partial charge is 0.194 e. The quantitative estimate of drug-likeness (QED) is 0.445. The second-order valence-corrected chi connectivity index (χ2v) is 9.50. The molecule has 2 rings (SSSR count). The normalized spacial score (nSPS) is 24.3. The average Bonchev–Trinajstić information content (AvgIpc) is 3.24. The highest BCUT2D eigenvalue weighted by Crippen LogP contribution is 2.28. The van der Waals surface area contributed by atoms with Crippen molar-refractivity contribution in [2.45, 2.75) is 38.4 Å². The van der Waals surface area contributed by atoms with Gasteiger partial charge in [0.2, 0.25) is 0 Å². The molecule has 7 heteroatoms. The van der Waals surface area contributed by atoms with Gasteiger partial charge >= 0.3 is 0 Å². The molecule has 1 heterocycles. The number of aliphatic imine (C=N–C) groups is 1. The molecule has 6 nitrogen and oxygen atoms in total. The lowest BCUT2D eigenvalue weighted by molar-refractivity contribution is 0.131. The third-order valence-electron chi connectivity index (χ3n) is 4.23. The topological polar surface area (TPSA) is 71.0 Å². The van der Waals surface area contributed by atoms with Crippen LogP contribution in [0.25, 0.3) is 0 Å². The second-order valence-electron chi connectivity index (χ2n) is 6.75. The maximum atomic E-state index is 12.1. The second kappa shape index (κ2) is 7.17. The minimum Gasteiger partial charge on any atom is -0.379 e. The van der Waals surface area contributed by atoms with Crippen LogP contribution in [-0.4, -0.2) is 69.2 Å². The van der Waals surface area contributed by atoms with Crippen LogP contribution in [0.5, 0.6) is 0 Å². The van der Waals surface area contributed by atoms with Crippen molar-refractivity contribution < 1.29 is 13.2 Å². The summed E-state index contributed by atoms with van der Waals surface area (Å²) < 4.78 is 29.0. The minimum absolute atomic E-state index is 0.183. The van der Waals surface area contributed by atoms with Gasteiger partial charge in [0.05, 0.1) is 23.7 Å². The molecule has 1 aliphatic heterocycles. The van der Waals surface area contributed by atoms with Crippen LogP contribution in [0.4, 0.5) is 0 Å². The molecule has 0 unspecified atom stereocenters. The fourth-order valence-corrected chi connectivity index (χ4v) is 3.87. The number of ether oxygens (including phenoxy) is 1. The molecule has 1 N–H and O–H groups in total. The van der Waals surface area contributed by atoms with Gasteiger partial charge in [0.1, 0.15) is 0 Å². The molecule has 1 aliphatic carbocycles. The summed E-state index contributed by atoms with van der Waals surface area (Å²) >= 11 is 0. The van der Waals surface area contributed by atoms with E-state index in [9.17, 15) is 8.42 Å². The van der Waals surface area contributed by atoms with Crippen LogP contribution < -0.4 is 5.32 Å². The first-order valence-electron chi connectivity index (χ1n) is 8.19. The molecule has 22 heavy (non-hydrogen) atoms. The van der Waals surface area contributed by atoms with E-state index in [2.05, 4.69) is 10.3 Å². The van der Waals surface area contributed by atoms with Crippen molar-refractivity contribution in [1.29, 1.82) is 0 Å². The molecule has 0 aromatic heterocycles. The molecular formula is C15H29N3O3S. The van der Waals surface area contributed by atoms with Gasteiger partial charge < -0.3 is 15.0 Å². The molecular weight excluding hydrogens is 302 g/mol. The van der Waals surface area contributed by atoms with Crippen molar-refractivity contribution in [3.63, 3.8) is 0 Å². The number of hydrogen-bond donors (Lipinski definition) is 1. The van der Waals surface area contributed by atoms with Gasteiger partial charge in [0.25, 0.3) is 0 Å². The predicted molar refractivity (Wildman–Crippen MR) is 89.0 cm³/mol. The monoisotopic (exact) mass is 331 g/mol. The van der Waals surface area contributed by atoms with E-state index in [1.807, 2.05) is 11.8 Å². The SMILES string of the molecule is CCNC(=NCCOCC1CC1)N1CCS(=O)(=O)C(C)(C)C1. The summed E-state index contributed by atoms with van der Waals surface area (Å²) in [6, 6.07) is 0. The van der Waals surface area contributed by atoms with E-state index in [0.717, 1.165) is 25.0 Å². The van der Waals surface area contributed by atoms with Crippen LogP contribution in [0.15, 0.2) is 4.99 Å². The summed E-state index contributed by atoms with van der Waals surface area (Å²) in [4.78, 5) is 6.63. The van der Waals surface area contributed by atoms with Gasteiger partial charge in [0, 0.05) is 26.2 Å². The van der Waals surface area contributed by atoms with E-state index in [-0.39, 0.29) is 5.75 Å². The van der Waals surface area contributed by atoms with Crippen molar-refractivity contribution in [3.8, 4) is 0 Å². The van der Waals surface area contributed by atoms with Crippen molar-refractivity contribution in [3.05, 3.63) is 0 Å². The molecule has 0 radical (unpaired) electrons. The third kappa shape index (κ3) is 4.59. The van der Waals surface area contributed by atoms with E-state index in [4.69, 9.17) is 4.74 Å². The average molecular weight is 331 g/mol. The lowest BCUT2D eigenvalue weighted by atomic mass is 10.2. The van der Waals surface area contributed by atoms with Gasteiger partial charge in [-0.25, -0.2) is 8.42 Å². The molecule has 0 aromatic carbocycles. The zero-order chi connectivity index (χ0) is 16.2. The zero-order valence-corrected chi connectivity index (χ0v) is 14.8. The van der Waals surface area contributed by atoms with Crippen LogP contribution in [0.2, 0.25) is 0 Å². The summed E-state index contributed by atoms with van der Waals surface area (Å²) in [5, 5.41) is 3.26. The molecule has 0 aromatic rings. The van der Waals surface area contributed by atoms with Gasteiger partial charge in [-0.2, -0.15) is 0 Å². The summed E-state index contributed by atoms with van der Waals surface area (Å²) in [6.07, 6.45) is 2.59. The highest BCUT2D eigenvalue weighted by molar-refractivity contribution is 7.92. The molecule has 2 aliphatic rings. The Morgan fingerprint density at radius 1 is 1.41 bits per heavy atom. The Bertz CT molecular complexity index is 498. The van der Waals surface area contributed by atoms with Crippen molar-refractivity contribution in [1.82, 2.24) is 10.2 Å². The number of guanidine groups is 1. The number of rotatable bonds is 6. The summed E-state index contributed by atoms with van der Waals surface area (Å²) in [7, 11) is -3.02. The Balaban J connectivity index is 1.88. The molecule has 1 saturated carbocycles. The first-order chi connectivity index (χ1) is 10.4. The van der Waals surface area contributed by atoms with Gasteiger partial charge in [-0.1, -0.05) is 0 Å². The van der Waals surface area contributed by atoms with Gasteiger partial charge in [-0.05, 0) is 39.5 Å². The Kier molecular flexibility index (Phi) is 5.71. The standard InChI is InChI=1S/C15H29N3O3S/c1-4-16-14(17-7-9-21-11-13-5-6-13)18-8-10-22(19,20)15(2,3)12-18/h13H,4-12H2,1-3H3,(H,16,17). The van der Waals surface area contributed by atoms with Gasteiger partial charge in [-0.3, -0.25) is 4.99 Å². The Morgan fingerprint density at radius 3 is 2.73 bits per heavy atom. The lowest BCUT2D eigenvalue weighted by Gasteiger charge is -2.39. The summed E-state index contributed by atoms with van der Waals surface area (Å²) in [6.45, 7) is 9.43. The highest BCUT2D eigenvalue weighted by atomic mass is 32.2. The van der Waals surface area contributed by atoms with E-state index >= 15 is 0 Å². The predicted octanol–water partition coefficient (Wildman–Crippen LogP) is 0.888. The maximum Gasteiger partial charge on any atom is 0.194 e. The first kappa shape index (κ1) is 17.5. The molecule has 2 fully saturated rings. The molecule has 128 valence electrons. The Hall–Kier alpha value is -0.820. The molecule has 0 spiro atoms. The van der Waals surface area contributed by atoms with E-state index in [0.29, 0.717) is 26.2 Å². The summed E-state index contributed by atoms with van der Waals surface area (Å²) in [5.41, 5.74) is 0. The largest absolute Gasteiger partial charge is 0.379 e. The van der Waals surface area contributed by atoms with Crippen molar-refractivity contribution in [2.24, 2.45) is 10.9 Å². The van der Waals surface area contributed by atoms with Crippen LogP contribution in [0.1, 0.15) is 33.6 Å². The Labute approximate surface area is 134 Å². The molecule has 0 atom stereocenters. The molecule has 0 amide bonds. The van der Waals surface area contributed by atoms with Gasteiger partial charge in [0.15, 0.2) is 15.8 Å². The fraction of sp³-hybridized carbons (Fsp3) is 0.933. The van der Waals surface area contributed by atoms with E-state index in [1.165, 1.54) is 12.8 Å². The maximum absolute atomic E-state index is 12.1. The summed E-state index contributed by atoms with van der Waals surface area (Å²) in [5.74, 6) is 1.74. The van der Waals surface area contributed by atoms with Crippen LogP contribution in [-0.2, 0) is 14.6 Å². The van der Waals surface area contributed by atoms with E-state index in [1.54, 1.807) is 13.8 Å². The minimum atomic E-state index is -3.02. The number of nitrogens with zero attached hydrogens (tertiary/aromatic N) is 2. The van der Waals surface area contributed by atoms with Crippen LogP contribution in [0.3, 0.4) is 0 Å². The number of nitrogens with one attached hydrogen (secondary N) is 1. The van der Waals surface area contributed by atoms with Crippen molar-refractivity contribution in [2.75, 3.05) is 45.1 Å². The van der Waals surface area contributed by atoms with Crippen LogP contribution >= 0.6 is 0 Å². The zero-order valence-electron chi connectivity index (χ0n) is 14.0. The third-order valence-corrected chi connectivity index (χ3v) is 6.76. The molecule has 1 saturated heterocycles. The van der Waals surface area contributed by atoms with E-state index < -0.39 is 14.6 Å². The lowest BCUT2D eigenvalue weighted by Crippen LogP contribution is -2.57. The Morgan fingerprint density at radius 2 is 2.14 bits per heavy atom. The number of hydrogen-bond acceptors (Lipinski definition) is 4. The van der Waals surface area contributed by atoms with Gasteiger partial charge in [-0.15, -0.1) is 0 Å². The van der Waals surface area contributed by atoms with Crippen LogP contribution in [0, 0.1) is 5.92 Å². The first-order valence-corrected chi connectivity index (χ1v) is 9.84. The van der Waals surface area contributed by atoms with Crippen molar-refractivity contribution >= 4 is 15.8 Å². The fourth-order valence-electron chi connectivity index (χ4n) is 2.50.